The number of aromatic nitrogens is 2. The summed E-state index contributed by atoms with van der Waals surface area (Å²) in [5.74, 6) is 0.810. The minimum Gasteiger partial charge on any atom is -0.356 e. The van der Waals surface area contributed by atoms with Crippen molar-refractivity contribution >= 4 is 5.96 Å². The quantitative estimate of drug-likeness (QED) is 0.649. The van der Waals surface area contributed by atoms with Crippen molar-refractivity contribution in [3.05, 3.63) is 52.3 Å². The summed E-state index contributed by atoms with van der Waals surface area (Å²) in [5, 5.41) is 11.3. The minimum atomic E-state index is 0.0170. The normalized spacial score (nSPS) is 12.4. The summed E-state index contributed by atoms with van der Waals surface area (Å²) in [6, 6.07) is 8.56. The molecular weight excluding hydrogens is 310 g/mol. The number of hydrogen-bond donors (Lipinski definition) is 2. The maximum atomic E-state index is 4.47. The van der Waals surface area contributed by atoms with Crippen LogP contribution in [0.4, 0.5) is 0 Å². The average molecular weight is 342 g/mol. The number of nitrogens with one attached hydrogen (secondary N) is 2. The van der Waals surface area contributed by atoms with E-state index >= 15 is 0 Å². The molecule has 0 atom stereocenters. The second-order valence-corrected chi connectivity index (χ2v) is 7.25. The predicted octanol–water partition coefficient (Wildman–Crippen LogP) is 2.99. The van der Waals surface area contributed by atoms with Crippen LogP contribution in [0.5, 0.6) is 0 Å². The van der Waals surface area contributed by atoms with E-state index in [-0.39, 0.29) is 5.41 Å². The van der Waals surface area contributed by atoms with Crippen molar-refractivity contribution in [1.82, 2.24) is 20.4 Å². The van der Waals surface area contributed by atoms with E-state index in [9.17, 15) is 0 Å². The van der Waals surface area contributed by atoms with Crippen LogP contribution in [0, 0.1) is 20.8 Å². The number of rotatable bonds is 5. The van der Waals surface area contributed by atoms with Gasteiger partial charge in [-0.3, -0.25) is 9.67 Å². The third-order valence-corrected chi connectivity index (χ3v) is 4.89. The van der Waals surface area contributed by atoms with E-state index in [4.69, 9.17) is 0 Å². The number of hydrogen-bond acceptors (Lipinski definition) is 2. The van der Waals surface area contributed by atoms with Gasteiger partial charge in [-0.1, -0.05) is 38.1 Å². The summed E-state index contributed by atoms with van der Waals surface area (Å²) in [5.41, 5.74) is 6.16. The molecule has 0 aliphatic heterocycles. The first kappa shape index (κ1) is 19.0. The van der Waals surface area contributed by atoms with Crippen LogP contribution < -0.4 is 10.6 Å². The summed E-state index contributed by atoms with van der Waals surface area (Å²) >= 11 is 0. The third kappa shape index (κ3) is 4.41. The van der Waals surface area contributed by atoms with Crippen LogP contribution in [0.1, 0.15) is 41.9 Å². The Bertz CT molecular complexity index is 755. The van der Waals surface area contributed by atoms with Crippen molar-refractivity contribution < 1.29 is 0 Å². The fourth-order valence-corrected chi connectivity index (χ4v) is 3.20. The van der Waals surface area contributed by atoms with Gasteiger partial charge in [-0.05, 0) is 31.9 Å². The van der Waals surface area contributed by atoms with Crippen molar-refractivity contribution in [2.45, 2.75) is 46.6 Å². The Kier molecular flexibility index (Phi) is 5.88. The Labute approximate surface area is 151 Å². The molecule has 0 aliphatic rings. The smallest absolute Gasteiger partial charge is 0.191 e. The highest BCUT2D eigenvalue weighted by Gasteiger charge is 2.22. The molecule has 1 aromatic carbocycles. The first-order chi connectivity index (χ1) is 11.8. The van der Waals surface area contributed by atoms with Crippen LogP contribution in [0.2, 0.25) is 0 Å². The zero-order chi connectivity index (χ0) is 18.6. The Balaban J connectivity index is 2.00. The zero-order valence-electron chi connectivity index (χ0n) is 16.6. The van der Waals surface area contributed by atoms with Gasteiger partial charge >= 0.3 is 0 Å². The van der Waals surface area contributed by atoms with Crippen molar-refractivity contribution in [3.63, 3.8) is 0 Å². The van der Waals surface area contributed by atoms with Gasteiger partial charge in [0.2, 0.25) is 0 Å². The van der Waals surface area contributed by atoms with E-state index in [1.807, 2.05) is 18.7 Å². The number of aliphatic imine (C=N–C) groups is 1. The number of guanidine groups is 1. The molecule has 0 unspecified atom stereocenters. The molecule has 0 aliphatic carbocycles. The Morgan fingerprint density at radius 2 is 1.84 bits per heavy atom. The van der Waals surface area contributed by atoms with Crippen LogP contribution in [0.15, 0.2) is 29.3 Å². The molecule has 2 rings (SSSR count). The van der Waals surface area contributed by atoms with E-state index in [0.29, 0.717) is 0 Å². The molecule has 2 N–H and O–H groups in total. The van der Waals surface area contributed by atoms with Gasteiger partial charge in [-0.25, -0.2) is 0 Å². The molecule has 136 valence electrons. The van der Waals surface area contributed by atoms with E-state index in [1.54, 1.807) is 7.05 Å². The van der Waals surface area contributed by atoms with Crippen LogP contribution in [-0.2, 0) is 19.0 Å². The lowest BCUT2D eigenvalue weighted by molar-refractivity contribution is 0.506. The van der Waals surface area contributed by atoms with E-state index < -0.39 is 0 Å². The van der Waals surface area contributed by atoms with Crippen molar-refractivity contribution in [3.8, 4) is 0 Å². The van der Waals surface area contributed by atoms with Gasteiger partial charge in [0.25, 0.3) is 0 Å². The summed E-state index contributed by atoms with van der Waals surface area (Å²) in [6.45, 7) is 12.3. The van der Waals surface area contributed by atoms with Crippen LogP contribution in [-0.4, -0.2) is 29.3 Å². The lowest BCUT2D eigenvalue weighted by atomic mass is 9.82. The van der Waals surface area contributed by atoms with Gasteiger partial charge in [0, 0.05) is 43.9 Å². The standard InChI is InChI=1S/C20H31N5/c1-14-10-8-9-11-18(14)20(4,5)13-23-19(21-6)22-12-17-15(2)24-25(7)16(17)3/h8-11H,12-13H2,1-7H3,(H2,21,22,23). The Hall–Kier alpha value is -2.30. The molecule has 0 saturated heterocycles. The molecule has 0 spiro atoms. The fraction of sp³-hybridized carbons (Fsp3) is 0.500. The molecular formula is C20H31N5. The van der Waals surface area contributed by atoms with Gasteiger partial charge in [0.05, 0.1) is 5.69 Å². The maximum Gasteiger partial charge on any atom is 0.191 e. The van der Waals surface area contributed by atoms with Gasteiger partial charge in [-0.2, -0.15) is 5.10 Å². The Morgan fingerprint density at radius 3 is 2.40 bits per heavy atom. The lowest BCUT2D eigenvalue weighted by Crippen LogP contribution is -2.43. The van der Waals surface area contributed by atoms with Crippen molar-refractivity contribution in [2.24, 2.45) is 12.0 Å². The van der Waals surface area contributed by atoms with Crippen LogP contribution in [0.3, 0.4) is 0 Å². The van der Waals surface area contributed by atoms with E-state index in [2.05, 4.69) is 72.7 Å². The second-order valence-electron chi connectivity index (χ2n) is 7.25. The molecule has 5 nitrogen and oxygen atoms in total. The monoisotopic (exact) mass is 341 g/mol. The predicted molar refractivity (Wildman–Crippen MR) is 105 cm³/mol. The molecule has 0 radical (unpaired) electrons. The lowest BCUT2D eigenvalue weighted by Gasteiger charge is -2.28. The number of aryl methyl sites for hydroxylation is 3. The molecule has 0 amide bonds. The highest BCUT2D eigenvalue weighted by Crippen LogP contribution is 2.25. The van der Waals surface area contributed by atoms with Gasteiger partial charge in [0.1, 0.15) is 0 Å². The van der Waals surface area contributed by atoms with Crippen molar-refractivity contribution in [1.29, 1.82) is 0 Å². The summed E-state index contributed by atoms with van der Waals surface area (Å²) in [7, 11) is 3.78. The summed E-state index contributed by atoms with van der Waals surface area (Å²) in [4.78, 5) is 4.36. The van der Waals surface area contributed by atoms with Crippen LogP contribution >= 0.6 is 0 Å². The molecule has 5 heteroatoms. The fourth-order valence-electron chi connectivity index (χ4n) is 3.20. The first-order valence-corrected chi connectivity index (χ1v) is 8.76. The van der Waals surface area contributed by atoms with Gasteiger partial charge < -0.3 is 10.6 Å². The molecule has 2 aromatic rings. The number of benzene rings is 1. The van der Waals surface area contributed by atoms with E-state index in [0.717, 1.165) is 24.7 Å². The zero-order valence-corrected chi connectivity index (χ0v) is 16.6. The number of nitrogens with zero attached hydrogens (tertiary/aromatic N) is 3. The molecule has 1 aromatic heterocycles. The molecule has 0 bridgehead atoms. The second kappa shape index (κ2) is 7.72. The summed E-state index contributed by atoms with van der Waals surface area (Å²) < 4.78 is 1.92. The summed E-state index contributed by atoms with van der Waals surface area (Å²) in [6.07, 6.45) is 0. The van der Waals surface area contributed by atoms with E-state index in [1.165, 1.54) is 22.4 Å². The molecule has 0 saturated carbocycles. The SMILES string of the molecule is CN=C(NCc1c(C)nn(C)c1C)NCC(C)(C)c1ccccc1C. The minimum absolute atomic E-state index is 0.0170. The highest BCUT2D eigenvalue weighted by molar-refractivity contribution is 5.79. The topological polar surface area (TPSA) is 54.2 Å². The third-order valence-electron chi connectivity index (χ3n) is 4.89. The van der Waals surface area contributed by atoms with Crippen molar-refractivity contribution in [2.75, 3.05) is 13.6 Å². The molecule has 0 fully saturated rings. The molecule has 25 heavy (non-hydrogen) atoms. The van der Waals surface area contributed by atoms with Gasteiger partial charge in [-0.15, -0.1) is 0 Å². The average Bonchev–Trinajstić information content (AvgIpc) is 2.81. The molecule has 1 heterocycles. The first-order valence-electron chi connectivity index (χ1n) is 8.76. The Morgan fingerprint density at radius 1 is 1.16 bits per heavy atom. The van der Waals surface area contributed by atoms with Crippen LogP contribution in [0.25, 0.3) is 0 Å². The largest absolute Gasteiger partial charge is 0.356 e. The maximum absolute atomic E-state index is 4.47. The highest BCUT2D eigenvalue weighted by atomic mass is 15.3. The van der Waals surface area contributed by atoms with Gasteiger partial charge in [0.15, 0.2) is 5.96 Å².